The zero-order chi connectivity index (χ0) is 21.8. The lowest BCUT2D eigenvalue weighted by molar-refractivity contribution is -0.137. The second-order valence-corrected chi connectivity index (χ2v) is 7.74. The lowest BCUT2D eigenvalue weighted by Crippen LogP contribution is -2.33. The second-order valence-electron chi connectivity index (χ2n) is 7.74. The van der Waals surface area contributed by atoms with Gasteiger partial charge in [0.05, 0.1) is 19.2 Å². The van der Waals surface area contributed by atoms with Crippen LogP contribution < -0.4 is 4.74 Å². The maximum atomic E-state index is 12.9. The Hall–Kier alpha value is -2.87. The largest absolute Gasteiger partial charge is 0.497 e. The van der Waals surface area contributed by atoms with Crippen molar-refractivity contribution in [3.63, 3.8) is 0 Å². The van der Waals surface area contributed by atoms with Gasteiger partial charge in [-0.3, -0.25) is 4.90 Å². The first-order valence-corrected chi connectivity index (χ1v) is 10.3. The number of benzene rings is 2. The van der Waals surface area contributed by atoms with E-state index < -0.39 is 11.7 Å². The molecule has 0 aliphatic carbocycles. The fourth-order valence-electron chi connectivity index (χ4n) is 4.05. The molecule has 0 unspecified atom stereocenters. The van der Waals surface area contributed by atoms with Gasteiger partial charge in [-0.15, -0.1) is 0 Å². The van der Waals surface area contributed by atoms with Gasteiger partial charge in [-0.25, -0.2) is 0 Å². The summed E-state index contributed by atoms with van der Waals surface area (Å²) < 4.78 is 49.6. The lowest BCUT2D eigenvalue weighted by atomic mass is 9.95. The Morgan fingerprint density at radius 2 is 1.97 bits per heavy atom. The summed E-state index contributed by atoms with van der Waals surface area (Å²) in [6.07, 6.45) is -0.929. The molecule has 1 aliphatic heterocycles. The maximum Gasteiger partial charge on any atom is 0.416 e. The Kier molecular flexibility index (Phi) is 6.27. The van der Waals surface area contributed by atoms with Crippen LogP contribution in [0.2, 0.25) is 0 Å². The van der Waals surface area contributed by atoms with Gasteiger partial charge < -0.3 is 9.26 Å². The number of alkyl halides is 3. The zero-order valence-electron chi connectivity index (χ0n) is 17.2. The Balaban J connectivity index is 1.46. The third-order valence-corrected chi connectivity index (χ3v) is 5.56. The zero-order valence-corrected chi connectivity index (χ0v) is 17.2. The average Bonchev–Trinajstić information content (AvgIpc) is 3.20. The van der Waals surface area contributed by atoms with Crippen molar-refractivity contribution in [3.05, 3.63) is 76.9 Å². The molecule has 8 heteroatoms. The molecule has 2 heterocycles. The van der Waals surface area contributed by atoms with Crippen molar-refractivity contribution in [3.8, 4) is 5.75 Å². The highest BCUT2D eigenvalue weighted by Gasteiger charge is 2.30. The van der Waals surface area contributed by atoms with E-state index in [-0.39, 0.29) is 12.5 Å². The highest BCUT2D eigenvalue weighted by molar-refractivity contribution is 5.31. The number of piperidine rings is 1. The lowest BCUT2D eigenvalue weighted by Gasteiger charge is -2.35. The van der Waals surface area contributed by atoms with Gasteiger partial charge in [0.25, 0.3) is 0 Å². The summed E-state index contributed by atoms with van der Waals surface area (Å²) in [7, 11) is 1.65. The minimum Gasteiger partial charge on any atom is -0.497 e. The van der Waals surface area contributed by atoms with Crippen LogP contribution in [-0.4, -0.2) is 28.7 Å². The van der Waals surface area contributed by atoms with Crippen LogP contribution in [0.15, 0.2) is 53.1 Å². The minimum absolute atomic E-state index is 0.187. The molecule has 1 aliphatic rings. The molecule has 0 N–H and O–H groups in total. The van der Waals surface area contributed by atoms with Gasteiger partial charge >= 0.3 is 6.18 Å². The fraction of sp³-hybridized carbons (Fsp3) is 0.391. The molecule has 0 spiro atoms. The van der Waals surface area contributed by atoms with Crippen molar-refractivity contribution < 1.29 is 22.4 Å². The van der Waals surface area contributed by atoms with Crippen LogP contribution in [-0.2, 0) is 19.1 Å². The number of nitrogens with zero attached hydrogens (tertiary/aromatic N) is 3. The molecule has 0 radical (unpaired) electrons. The van der Waals surface area contributed by atoms with E-state index in [0.29, 0.717) is 23.8 Å². The number of likely N-dealkylation sites (tertiary alicyclic amines) is 1. The van der Waals surface area contributed by atoms with Gasteiger partial charge in [0, 0.05) is 12.5 Å². The van der Waals surface area contributed by atoms with E-state index in [1.54, 1.807) is 13.2 Å². The molecule has 1 aromatic heterocycles. The summed E-state index contributed by atoms with van der Waals surface area (Å²) in [6.45, 7) is 1.41. The quantitative estimate of drug-likeness (QED) is 0.522. The monoisotopic (exact) mass is 431 g/mol. The highest BCUT2D eigenvalue weighted by Crippen LogP contribution is 2.33. The molecule has 2 aromatic carbocycles. The van der Waals surface area contributed by atoms with E-state index in [9.17, 15) is 13.2 Å². The minimum atomic E-state index is -4.37. The predicted molar refractivity (Wildman–Crippen MR) is 109 cm³/mol. The molecule has 1 saturated heterocycles. The first-order chi connectivity index (χ1) is 14.9. The number of rotatable bonds is 6. The Labute approximate surface area is 178 Å². The Morgan fingerprint density at radius 3 is 2.77 bits per heavy atom. The Morgan fingerprint density at radius 1 is 1.13 bits per heavy atom. The second kappa shape index (κ2) is 9.09. The molecule has 0 saturated carbocycles. The van der Waals surface area contributed by atoms with Crippen molar-refractivity contribution >= 4 is 0 Å². The van der Waals surface area contributed by atoms with E-state index in [1.165, 1.54) is 11.6 Å². The van der Waals surface area contributed by atoms with Crippen molar-refractivity contribution in [2.75, 3.05) is 13.7 Å². The van der Waals surface area contributed by atoms with Crippen molar-refractivity contribution in [2.24, 2.45) is 0 Å². The summed E-state index contributed by atoms with van der Waals surface area (Å²) in [5.41, 5.74) is 1.00. The predicted octanol–water partition coefficient (Wildman–Crippen LogP) is 5.42. The van der Waals surface area contributed by atoms with Gasteiger partial charge in [0.2, 0.25) is 5.89 Å². The van der Waals surface area contributed by atoms with Crippen molar-refractivity contribution in [2.45, 2.75) is 44.4 Å². The van der Waals surface area contributed by atoms with E-state index >= 15 is 0 Å². The van der Waals surface area contributed by atoms with E-state index in [4.69, 9.17) is 9.26 Å². The average molecular weight is 431 g/mol. The smallest absolute Gasteiger partial charge is 0.416 e. The molecule has 0 amide bonds. The molecular weight excluding hydrogens is 407 g/mol. The third kappa shape index (κ3) is 5.25. The first kappa shape index (κ1) is 21.4. The fourth-order valence-corrected chi connectivity index (χ4v) is 4.05. The summed E-state index contributed by atoms with van der Waals surface area (Å²) in [5, 5.41) is 3.98. The van der Waals surface area contributed by atoms with Gasteiger partial charge in [-0.2, -0.15) is 18.2 Å². The van der Waals surface area contributed by atoms with Crippen LogP contribution in [0.5, 0.6) is 5.75 Å². The summed E-state index contributed by atoms with van der Waals surface area (Å²) >= 11 is 0. The number of halogens is 3. The van der Waals surface area contributed by atoms with Crippen LogP contribution in [0.1, 0.15) is 53.7 Å². The Bertz CT molecular complexity index is 1020. The molecule has 1 atom stereocenters. The van der Waals surface area contributed by atoms with Gasteiger partial charge in [-0.05, 0) is 48.7 Å². The summed E-state index contributed by atoms with van der Waals surface area (Å²) in [4.78, 5) is 6.73. The summed E-state index contributed by atoms with van der Waals surface area (Å²) in [5.74, 6) is 1.67. The third-order valence-electron chi connectivity index (χ3n) is 5.56. The SMILES string of the molecule is COc1cccc([C@H]2CCCCN2Cc2nc(Cc3cccc(C(F)(F)F)c3)no2)c1. The molecule has 31 heavy (non-hydrogen) atoms. The first-order valence-electron chi connectivity index (χ1n) is 10.3. The van der Waals surface area contributed by atoms with Crippen LogP contribution in [0, 0.1) is 0 Å². The van der Waals surface area contributed by atoms with Crippen LogP contribution in [0.4, 0.5) is 13.2 Å². The van der Waals surface area contributed by atoms with Crippen LogP contribution in [0.25, 0.3) is 0 Å². The topological polar surface area (TPSA) is 51.4 Å². The summed E-state index contributed by atoms with van der Waals surface area (Å²) in [6, 6.07) is 13.5. The van der Waals surface area contributed by atoms with Crippen LogP contribution in [0.3, 0.4) is 0 Å². The molecule has 3 aromatic rings. The van der Waals surface area contributed by atoms with E-state index in [1.807, 2.05) is 12.1 Å². The van der Waals surface area contributed by atoms with Crippen LogP contribution >= 0.6 is 0 Å². The molecule has 4 rings (SSSR count). The van der Waals surface area contributed by atoms with Gasteiger partial charge in [0.1, 0.15) is 5.75 Å². The molecular formula is C23H24F3N3O2. The van der Waals surface area contributed by atoms with E-state index in [0.717, 1.165) is 43.7 Å². The number of ether oxygens (including phenoxy) is 1. The van der Waals surface area contributed by atoms with E-state index in [2.05, 4.69) is 27.2 Å². The van der Waals surface area contributed by atoms with Crippen molar-refractivity contribution in [1.29, 1.82) is 0 Å². The number of hydrogen-bond acceptors (Lipinski definition) is 5. The number of aromatic nitrogens is 2. The highest BCUT2D eigenvalue weighted by atomic mass is 19.4. The number of hydrogen-bond donors (Lipinski definition) is 0. The number of methoxy groups -OCH3 is 1. The molecule has 164 valence electrons. The van der Waals surface area contributed by atoms with Crippen molar-refractivity contribution in [1.82, 2.24) is 15.0 Å². The molecule has 1 fully saturated rings. The molecule has 0 bridgehead atoms. The maximum absolute atomic E-state index is 12.9. The molecule has 5 nitrogen and oxygen atoms in total. The van der Waals surface area contributed by atoms with Gasteiger partial charge in [0.15, 0.2) is 5.82 Å². The standard InChI is InChI=1S/C23H24F3N3O2/c1-30-19-9-5-7-17(14-19)20-10-2-3-11-29(20)15-22-27-21(28-31-22)13-16-6-4-8-18(12-16)23(24,25)26/h4-9,12,14,20H,2-3,10-11,13,15H2,1H3/t20-/m1/s1. The van der Waals surface area contributed by atoms with Gasteiger partial charge in [-0.1, -0.05) is 41.9 Å². The normalized spacial score (nSPS) is 17.6.